The van der Waals surface area contributed by atoms with Gasteiger partial charge in [0.15, 0.2) is 5.75 Å². The minimum absolute atomic E-state index is 0.0386. The van der Waals surface area contributed by atoms with Gasteiger partial charge in [-0.15, -0.1) is 0 Å². The number of rotatable bonds is 5. The number of aromatic nitrogens is 1. The Morgan fingerprint density at radius 2 is 1.46 bits per heavy atom. The number of benzene rings is 2. The van der Waals surface area contributed by atoms with Crippen LogP contribution in [0.2, 0.25) is 0 Å². The summed E-state index contributed by atoms with van der Waals surface area (Å²) >= 11 is 0. The van der Waals surface area contributed by atoms with E-state index in [0.29, 0.717) is 28.1 Å². The lowest BCUT2D eigenvalue weighted by Crippen LogP contribution is -2.10. The molecule has 3 aromatic rings. The topological polar surface area (TPSA) is 65.5 Å². The van der Waals surface area contributed by atoms with Crippen LogP contribution >= 0.6 is 0 Å². The molecule has 1 aromatic heterocycles. The van der Waals surface area contributed by atoms with Gasteiger partial charge in [-0.3, -0.25) is 4.98 Å². The molecule has 0 aliphatic heterocycles. The van der Waals surface area contributed by atoms with Crippen molar-refractivity contribution in [2.75, 3.05) is 0 Å². The maximum absolute atomic E-state index is 12.2. The minimum atomic E-state index is -0.464. The van der Waals surface area contributed by atoms with Crippen molar-refractivity contribution in [3.8, 4) is 5.75 Å². The van der Waals surface area contributed by atoms with Crippen LogP contribution in [0.4, 0.5) is 0 Å². The molecule has 5 nitrogen and oxygen atoms in total. The Hall–Kier alpha value is -3.47. The number of nitrogens with zero attached hydrogens (tertiary/aromatic N) is 1. The molecule has 0 saturated carbocycles. The van der Waals surface area contributed by atoms with Gasteiger partial charge in [-0.1, -0.05) is 36.4 Å². The molecule has 3 rings (SSSR count). The lowest BCUT2D eigenvalue weighted by atomic mass is 10.2. The summed E-state index contributed by atoms with van der Waals surface area (Å²) in [7, 11) is 0. The van der Waals surface area contributed by atoms with Gasteiger partial charge in [-0.2, -0.15) is 0 Å². The van der Waals surface area contributed by atoms with Gasteiger partial charge in [0.05, 0.1) is 16.8 Å². The summed E-state index contributed by atoms with van der Waals surface area (Å²) in [6.07, 6.45) is 1.59. The highest BCUT2D eigenvalue weighted by Gasteiger charge is 2.12. The fraction of sp³-hybridized carbons (Fsp3) is 0.0952. The molecule has 0 aliphatic rings. The van der Waals surface area contributed by atoms with E-state index in [1.54, 1.807) is 67.7 Å². The van der Waals surface area contributed by atoms with Crippen LogP contribution in [0, 0.1) is 6.92 Å². The largest absolute Gasteiger partial charge is 0.457 e. The zero-order valence-corrected chi connectivity index (χ0v) is 14.2. The molecule has 0 aliphatic carbocycles. The summed E-state index contributed by atoms with van der Waals surface area (Å²) in [4.78, 5) is 28.4. The number of esters is 2. The highest BCUT2D eigenvalue weighted by atomic mass is 16.5. The van der Waals surface area contributed by atoms with Crippen molar-refractivity contribution in [2.45, 2.75) is 13.5 Å². The van der Waals surface area contributed by atoms with Crippen LogP contribution in [0.25, 0.3) is 0 Å². The molecule has 0 atom stereocenters. The van der Waals surface area contributed by atoms with E-state index in [9.17, 15) is 9.59 Å². The van der Waals surface area contributed by atoms with Crippen LogP contribution < -0.4 is 4.74 Å². The number of carbonyl (C=O) groups is 2. The molecule has 2 aromatic carbocycles. The summed E-state index contributed by atoms with van der Waals surface area (Å²) in [6, 6.07) is 19.1. The molecule has 0 spiro atoms. The Kier molecular flexibility index (Phi) is 5.39. The van der Waals surface area contributed by atoms with Crippen LogP contribution in [0.5, 0.6) is 5.75 Å². The van der Waals surface area contributed by atoms with E-state index < -0.39 is 11.9 Å². The lowest BCUT2D eigenvalue weighted by Gasteiger charge is -2.10. The van der Waals surface area contributed by atoms with Crippen molar-refractivity contribution in [3.63, 3.8) is 0 Å². The minimum Gasteiger partial charge on any atom is -0.457 e. The summed E-state index contributed by atoms with van der Waals surface area (Å²) in [6.45, 7) is 1.78. The molecule has 0 unspecified atom stereocenters. The normalized spacial score (nSPS) is 10.2. The molecule has 0 radical (unpaired) electrons. The number of aryl methyl sites for hydroxylation is 1. The average molecular weight is 347 g/mol. The second-order valence-electron chi connectivity index (χ2n) is 5.62. The monoisotopic (exact) mass is 347 g/mol. The van der Waals surface area contributed by atoms with Gasteiger partial charge >= 0.3 is 11.9 Å². The molecule has 0 saturated heterocycles. The standard InChI is InChI=1S/C21H17NO4/c1-15-19(26-21(24)18-10-6-3-7-11-18)12-16(13-22-15)14-25-20(23)17-8-4-2-5-9-17/h2-13H,14H2,1H3. The van der Waals surface area contributed by atoms with E-state index in [0.717, 1.165) is 0 Å². The first kappa shape index (κ1) is 17.4. The van der Waals surface area contributed by atoms with Crippen molar-refractivity contribution in [1.29, 1.82) is 0 Å². The molecule has 5 heteroatoms. The van der Waals surface area contributed by atoms with Gasteiger partial charge < -0.3 is 9.47 Å². The van der Waals surface area contributed by atoms with Gasteiger partial charge in [0.2, 0.25) is 0 Å². The highest BCUT2D eigenvalue weighted by Crippen LogP contribution is 2.19. The summed E-state index contributed by atoms with van der Waals surface area (Å²) in [5, 5.41) is 0. The Labute approximate surface area is 151 Å². The summed E-state index contributed by atoms with van der Waals surface area (Å²) in [5.41, 5.74) is 2.14. The summed E-state index contributed by atoms with van der Waals surface area (Å²) in [5.74, 6) is -0.546. The number of ether oxygens (including phenoxy) is 2. The van der Waals surface area contributed by atoms with Crippen LogP contribution in [0.3, 0.4) is 0 Å². The van der Waals surface area contributed by atoms with Crippen molar-refractivity contribution < 1.29 is 19.1 Å². The third-order valence-electron chi connectivity index (χ3n) is 3.69. The fourth-order valence-corrected chi connectivity index (χ4v) is 2.28. The van der Waals surface area contributed by atoms with Gasteiger partial charge in [0, 0.05) is 11.8 Å². The van der Waals surface area contributed by atoms with Crippen LogP contribution in [0.15, 0.2) is 72.9 Å². The van der Waals surface area contributed by atoms with Gasteiger partial charge in [0.25, 0.3) is 0 Å². The molecule has 1 heterocycles. The van der Waals surface area contributed by atoms with Crippen molar-refractivity contribution in [1.82, 2.24) is 4.98 Å². The smallest absolute Gasteiger partial charge is 0.343 e. The fourth-order valence-electron chi connectivity index (χ4n) is 2.28. The van der Waals surface area contributed by atoms with Crippen LogP contribution in [0.1, 0.15) is 32.0 Å². The van der Waals surface area contributed by atoms with Crippen molar-refractivity contribution in [2.24, 2.45) is 0 Å². The predicted octanol–water partition coefficient (Wildman–Crippen LogP) is 3.97. The van der Waals surface area contributed by atoms with E-state index in [1.807, 2.05) is 12.1 Å². The quantitative estimate of drug-likeness (QED) is 0.654. The number of pyridine rings is 1. The zero-order chi connectivity index (χ0) is 18.4. The molecule has 130 valence electrons. The Morgan fingerprint density at radius 1 is 0.885 bits per heavy atom. The Morgan fingerprint density at radius 3 is 2.08 bits per heavy atom. The number of carbonyl (C=O) groups excluding carboxylic acids is 2. The lowest BCUT2D eigenvalue weighted by molar-refractivity contribution is 0.0471. The molecule has 0 bridgehead atoms. The van der Waals surface area contributed by atoms with Gasteiger partial charge in [-0.05, 0) is 37.3 Å². The average Bonchev–Trinajstić information content (AvgIpc) is 2.69. The maximum Gasteiger partial charge on any atom is 0.343 e. The summed E-state index contributed by atoms with van der Waals surface area (Å²) < 4.78 is 10.7. The second kappa shape index (κ2) is 8.07. The van der Waals surface area contributed by atoms with Gasteiger partial charge in [-0.25, -0.2) is 9.59 Å². The van der Waals surface area contributed by atoms with Crippen molar-refractivity contribution in [3.05, 3.63) is 95.3 Å². The first-order valence-electron chi connectivity index (χ1n) is 8.08. The van der Waals surface area contributed by atoms with E-state index in [1.165, 1.54) is 0 Å². The highest BCUT2D eigenvalue weighted by molar-refractivity contribution is 5.91. The second-order valence-corrected chi connectivity index (χ2v) is 5.62. The van der Waals surface area contributed by atoms with E-state index >= 15 is 0 Å². The Balaban J connectivity index is 1.68. The Bertz CT molecular complexity index is 908. The van der Waals surface area contributed by atoms with Crippen molar-refractivity contribution >= 4 is 11.9 Å². The van der Waals surface area contributed by atoms with E-state index in [4.69, 9.17) is 9.47 Å². The molecule has 0 N–H and O–H groups in total. The molecular weight excluding hydrogens is 330 g/mol. The third kappa shape index (κ3) is 4.33. The molecular formula is C21H17NO4. The van der Waals surface area contributed by atoms with Crippen LogP contribution in [-0.4, -0.2) is 16.9 Å². The number of hydrogen-bond acceptors (Lipinski definition) is 5. The predicted molar refractivity (Wildman–Crippen MR) is 95.9 cm³/mol. The SMILES string of the molecule is Cc1ncc(COC(=O)c2ccccc2)cc1OC(=O)c1ccccc1. The molecule has 0 fully saturated rings. The zero-order valence-electron chi connectivity index (χ0n) is 14.2. The maximum atomic E-state index is 12.2. The van der Waals surface area contributed by atoms with E-state index in [-0.39, 0.29) is 6.61 Å². The first-order valence-corrected chi connectivity index (χ1v) is 8.08. The molecule has 0 amide bonds. The van der Waals surface area contributed by atoms with Gasteiger partial charge in [0.1, 0.15) is 6.61 Å². The third-order valence-corrected chi connectivity index (χ3v) is 3.69. The number of hydrogen-bond donors (Lipinski definition) is 0. The first-order chi connectivity index (χ1) is 12.6. The molecule has 26 heavy (non-hydrogen) atoms. The van der Waals surface area contributed by atoms with E-state index in [2.05, 4.69) is 4.98 Å². The van der Waals surface area contributed by atoms with Crippen LogP contribution in [-0.2, 0) is 11.3 Å².